The first kappa shape index (κ1) is 12.6. The smallest absolute Gasteiger partial charge is 0.397 e. The van der Waals surface area contributed by atoms with E-state index >= 15 is 0 Å². The zero-order valence-electron chi connectivity index (χ0n) is 10.5. The molecule has 0 aliphatic heterocycles. The fourth-order valence-electron chi connectivity index (χ4n) is 1.70. The third-order valence-corrected chi connectivity index (χ3v) is 4.44. The van der Waals surface area contributed by atoms with E-state index in [1.54, 1.807) is 0 Å². The molecule has 5 heteroatoms. The van der Waals surface area contributed by atoms with Crippen LogP contribution < -0.4 is 4.74 Å². The van der Waals surface area contributed by atoms with Crippen LogP contribution in [0.3, 0.4) is 0 Å². The minimum Gasteiger partial charge on any atom is -0.477 e. The Morgan fingerprint density at radius 3 is 2.44 bits per heavy atom. The largest absolute Gasteiger partial charge is 0.477 e. The van der Waals surface area contributed by atoms with E-state index in [9.17, 15) is 4.79 Å². The second kappa shape index (κ2) is 5.18. The average molecular weight is 264 g/mol. The summed E-state index contributed by atoms with van der Waals surface area (Å²) in [5, 5.41) is 0.854. The van der Waals surface area contributed by atoms with Gasteiger partial charge in [0.2, 0.25) is 0 Å². The lowest BCUT2D eigenvalue weighted by Crippen LogP contribution is -2.01. The number of methoxy groups -OCH3 is 2. The Kier molecular flexibility index (Phi) is 3.62. The van der Waals surface area contributed by atoms with Crippen molar-refractivity contribution in [3.05, 3.63) is 35.2 Å². The quantitative estimate of drug-likeness (QED) is 0.632. The van der Waals surface area contributed by atoms with Crippen LogP contribution >= 0.6 is 10.5 Å². The third-order valence-electron chi connectivity index (χ3n) is 2.58. The molecule has 0 fully saturated rings. The number of rotatable bonds is 3. The maximum atomic E-state index is 11.7. The average Bonchev–Trinajstić information content (AvgIpc) is 2.76. The molecule has 94 valence electrons. The Balaban J connectivity index is 2.58. The monoisotopic (exact) mass is 264 g/mol. The lowest BCUT2D eigenvalue weighted by Gasteiger charge is -1.94. The summed E-state index contributed by atoms with van der Waals surface area (Å²) < 4.78 is 9.94. The molecular weight excluding hydrogens is 250 g/mol. The molecule has 2 aromatic rings. The molecule has 0 bridgehead atoms. The summed E-state index contributed by atoms with van der Waals surface area (Å²) in [6, 6.07) is 9.76. The van der Waals surface area contributed by atoms with Crippen molar-refractivity contribution in [2.24, 2.45) is 6.26 Å². The first-order chi connectivity index (χ1) is 8.69. The van der Waals surface area contributed by atoms with E-state index in [1.165, 1.54) is 14.2 Å². The SMILES string of the molecule is COC(=O)c1c(OC)nc(-c2ccccc2)[s+]1C. The highest BCUT2D eigenvalue weighted by atomic mass is 32.2. The van der Waals surface area contributed by atoms with Gasteiger partial charge in [-0.2, -0.15) is 4.98 Å². The first-order valence-electron chi connectivity index (χ1n) is 5.35. The predicted octanol–water partition coefficient (Wildman–Crippen LogP) is 2.83. The molecule has 0 radical (unpaired) electrons. The lowest BCUT2D eigenvalue weighted by atomic mass is 10.2. The van der Waals surface area contributed by atoms with E-state index in [-0.39, 0.29) is 5.97 Å². The van der Waals surface area contributed by atoms with Crippen LogP contribution in [0.1, 0.15) is 9.67 Å². The summed E-state index contributed by atoms with van der Waals surface area (Å²) in [6.07, 6.45) is 1.95. The number of aromatic nitrogens is 1. The number of benzene rings is 1. The van der Waals surface area contributed by atoms with Gasteiger partial charge in [-0.25, -0.2) is 4.79 Å². The number of carbonyl (C=O) groups excluding carboxylic acids is 1. The molecule has 4 nitrogen and oxygen atoms in total. The van der Waals surface area contributed by atoms with Crippen molar-refractivity contribution in [2.75, 3.05) is 14.2 Å². The minimum atomic E-state index is -0.429. The molecule has 0 spiro atoms. The maximum absolute atomic E-state index is 11.7. The molecule has 1 atom stereocenters. The molecule has 1 aromatic heterocycles. The van der Waals surface area contributed by atoms with Crippen LogP contribution in [0.25, 0.3) is 10.6 Å². The molecule has 0 N–H and O–H groups in total. The third kappa shape index (κ3) is 2.09. The van der Waals surface area contributed by atoms with Crippen LogP contribution in [-0.4, -0.2) is 25.2 Å². The molecule has 1 aromatic carbocycles. The summed E-state index contributed by atoms with van der Waals surface area (Å²) in [5.74, 6) is -0.0288. The van der Waals surface area contributed by atoms with Crippen molar-refractivity contribution in [1.82, 2.24) is 4.98 Å². The minimum absolute atomic E-state index is 0.353. The molecule has 0 aliphatic carbocycles. The standard InChI is InChI=1S/C13H14NO3S/c1-16-11-10(13(15)17-2)18(3)12(14-11)9-7-5-4-6-8-9/h4-8H,1-3H3/q+1. The van der Waals surface area contributed by atoms with Crippen molar-refractivity contribution >= 4 is 16.4 Å². The summed E-state index contributed by atoms with van der Waals surface area (Å²) in [6.45, 7) is 0. The molecule has 2 rings (SSSR count). The topological polar surface area (TPSA) is 48.4 Å². The Morgan fingerprint density at radius 1 is 1.22 bits per heavy atom. The van der Waals surface area contributed by atoms with Gasteiger partial charge in [0, 0.05) is 10.5 Å². The zero-order valence-corrected chi connectivity index (χ0v) is 11.3. The van der Waals surface area contributed by atoms with E-state index < -0.39 is 10.5 Å². The van der Waals surface area contributed by atoms with Crippen LogP contribution in [0.15, 0.2) is 30.3 Å². The van der Waals surface area contributed by atoms with Gasteiger partial charge in [-0.15, -0.1) is 0 Å². The first-order valence-corrected chi connectivity index (χ1v) is 6.99. The normalized spacial score (nSPS) is 11.2. The molecule has 1 heterocycles. The molecule has 0 aliphatic rings. The van der Waals surface area contributed by atoms with Crippen LogP contribution in [0.2, 0.25) is 0 Å². The van der Waals surface area contributed by atoms with Gasteiger partial charge in [0.1, 0.15) is 6.26 Å². The Hall–Kier alpha value is -1.88. The molecule has 0 saturated carbocycles. The number of nitrogens with zero attached hydrogens (tertiary/aromatic N) is 1. The van der Waals surface area contributed by atoms with Crippen molar-refractivity contribution in [2.45, 2.75) is 0 Å². The second-order valence-electron chi connectivity index (χ2n) is 3.62. The molecule has 1 unspecified atom stereocenters. The van der Waals surface area contributed by atoms with E-state index in [2.05, 4.69) is 4.98 Å². The van der Waals surface area contributed by atoms with Gasteiger partial charge in [-0.3, -0.25) is 0 Å². The maximum Gasteiger partial charge on any atom is 0.397 e. The van der Waals surface area contributed by atoms with Crippen LogP contribution in [-0.2, 0) is 11.0 Å². The van der Waals surface area contributed by atoms with Crippen LogP contribution in [0.4, 0.5) is 0 Å². The Bertz CT molecular complexity index is 563. The Morgan fingerprint density at radius 2 is 1.89 bits per heavy atom. The van der Waals surface area contributed by atoms with E-state index in [1.807, 2.05) is 36.6 Å². The number of hydrogen-bond donors (Lipinski definition) is 0. The molecular formula is C13H14NO3S+. The number of thiazole rings is 1. The van der Waals surface area contributed by atoms with Crippen molar-refractivity contribution < 1.29 is 14.3 Å². The predicted molar refractivity (Wildman–Crippen MR) is 71.0 cm³/mol. The number of carbonyl (C=O) groups is 1. The van der Waals surface area contributed by atoms with Gasteiger partial charge >= 0.3 is 10.8 Å². The van der Waals surface area contributed by atoms with Crippen molar-refractivity contribution in [3.63, 3.8) is 0 Å². The fourth-order valence-corrected chi connectivity index (χ4v) is 3.33. The Labute approximate surface area is 108 Å². The summed E-state index contributed by atoms with van der Waals surface area (Å²) in [4.78, 5) is 16.6. The number of esters is 1. The van der Waals surface area contributed by atoms with Gasteiger partial charge in [-0.1, -0.05) is 18.2 Å². The van der Waals surface area contributed by atoms with Crippen molar-refractivity contribution in [3.8, 4) is 16.5 Å². The number of hydrogen-bond acceptors (Lipinski definition) is 4. The summed E-state index contributed by atoms with van der Waals surface area (Å²) in [5.41, 5.74) is 0.997. The summed E-state index contributed by atoms with van der Waals surface area (Å²) in [7, 11) is 2.44. The van der Waals surface area contributed by atoms with E-state index in [4.69, 9.17) is 9.47 Å². The summed E-state index contributed by atoms with van der Waals surface area (Å²) >= 11 is 0. The van der Waals surface area contributed by atoms with Gasteiger partial charge in [0.05, 0.1) is 19.8 Å². The van der Waals surface area contributed by atoms with E-state index in [0.717, 1.165) is 10.6 Å². The number of ether oxygens (including phenoxy) is 2. The molecule has 0 saturated heterocycles. The highest BCUT2D eigenvalue weighted by Crippen LogP contribution is 2.40. The molecule has 18 heavy (non-hydrogen) atoms. The molecule has 0 amide bonds. The highest BCUT2D eigenvalue weighted by Gasteiger charge is 2.33. The van der Waals surface area contributed by atoms with Crippen LogP contribution in [0.5, 0.6) is 5.88 Å². The van der Waals surface area contributed by atoms with Gasteiger partial charge in [0.15, 0.2) is 0 Å². The van der Waals surface area contributed by atoms with E-state index in [0.29, 0.717) is 10.8 Å². The van der Waals surface area contributed by atoms with Gasteiger partial charge < -0.3 is 9.47 Å². The lowest BCUT2D eigenvalue weighted by molar-refractivity contribution is 0.0602. The zero-order chi connectivity index (χ0) is 13.1. The highest BCUT2D eigenvalue weighted by molar-refractivity contribution is 7.34. The van der Waals surface area contributed by atoms with Crippen molar-refractivity contribution in [1.29, 1.82) is 0 Å². The second-order valence-corrected chi connectivity index (χ2v) is 5.44. The fraction of sp³-hybridized carbons (Fsp3) is 0.231. The van der Waals surface area contributed by atoms with Gasteiger partial charge in [0.25, 0.3) is 10.9 Å². The van der Waals surface area contributed by atoms with Gasteiger partial charge in [-0.05, 0) is 12.1 Å². The van der Waals surface area contributed by atoms with Crippen LogP contribution in [0, 0.1) is 0 Å².